The second-order valence-corrected chi connectivity index (χ2v) is 7.89. The molecule has 0 aliphatic carbocycles. The molecular formula is C22H29N4O4+. The lowest BCUT2D eigenvalue weighted by molar-refractivity contribution is -0.862. The van der Waals surface area contributed by atoms with Crippen LogP contribution in [0.3, 0.4) is 0 Å². The van der Waals surface area contributed by atoms with E-state index in [4.69, 9.17) is 0 Å². The van der Waals surface area contributed by atoms with Crippen LogP contribution in [-0.4, -0.2) is 36.9 Å². The largest absolute Gasteiger partial charge is 0.322 e. The molecule has 0 spiro atoms. The number of nitro benzene ring substituents is 1. The van der Waals surface area contributed by atoms with Gasteiger partial charge in [-0.25, -0.2) is 0 Å². The van der Waals surface area contributed by atoms with Crippen molar-refractivity contribution in [2.75, 3.05) is 30.8 Å². The number of quaternary nitrogens is 1. The molecule has 30 heavy (non-hydrogen) atoms. The standard InChI is InChI=1S/C22H28N4O4/c1-13-7-16(4)22(17(5)8-13)24-21(28)12-25(6)11-20(27)23-18-9-14(2)15(3)10-19(18)26(29)30/h7-10H,11-12H2,1-6H3,(H,23,27)(H,24,28)/p+1. The van der Waals surface area contributed by atoms with Crippen LogP contribution in [0, 0.1) is 44.7 Å². The summed E-state index contributed by atoms with van der Waals surface area (Å²) in [4.78, 5) is 36.2. The summed E-state index contributed by atoms with van der Waals surface area (Å²) in [6.45, 7) is 9.58. The van der Waals surface area contributed by atoms with Crippen molar-refractivity contribution in [3.8, 4) is 0 Å². The Balaban J connectivity index is 1.99. The first kappa shape index (κ1) is 23.0. The zero-order valence-electron chi connectivity index (χ0n) is 18.3. The highest BCUT2D eigenvalue weighted by Gasteiger charge is 2.20. The van der Waals surface area contributed by atoms with Gasteiger partial charge < -0.3 is 15.5 Å². The second kappa shape index (κ2) is 9.49. The Bertz CT molecular complexity index is 978. The molecule has 160 valence electrons. The minimum absolute atomic E-state index is 0.00333. The molecule has 2 amide bonds. The molecule has 1 unspecified atom stereocenters. The van der Waals surface area contributed by atoms with E-state index in [-0.39, 0.29) is 30.4 Å². The third-order valence-electron chi connectivity index (χ3n) is 4.95. The summed E-state index contributed by atoms with van der Waals surface area (Å²) in [6.07, 6.45) is 0. The average molecular weight is 413 g/mol. The van der Waals surface area contributed by atoms with Crippen molar-refractivity contribution in [2.24, 2.45) is 0 Å². The van der Waals surface area contributed by atoms with Gasteiger partial charge in [0.15, 0.2) is 13.1 Å². The quantitative estimate of drug-likeness (QED) is 0.478. The van der Waals surface area contributed by atoms with Gasteiger partial charge in [0.2, 0.25) is 0 Å². The van der Waals surface area contributed by atoms with Crippen molar-refractivity contribution in [2.45, 2.75) is 34.6 Å². The van der Waals surface area contributed by atoms with E-state index >= 15 is 0 Å². The molecule has 8 nitrogen and oxygen atoms in total. The van der Waals surface area contributed by atoms with Gasteiger partial charge in [0.25, 0.3) is 17.5 Å². The summed E-state index contributed by atoms with van der Waals surface area (Å²) in [7, 11) is 1.73. The number of anilines is 2. The summed E-state index contributed by atoms with van der Waals surface area (Å²) in [5, 5.41) is 16.8. The van der Waals surface area contributed by atoms with Gasteiger partial charge in [-0.05, 0) is 62.9 Å². The molecule has 2 aromatic rings. The molecule has 0 bridgehead atoms. The zero-order valence-corrected chi connectivity index (χ0v) is 18.3. The Morgan fingerprint density at radius 3 is 1.90 bits per heavy atom. The number of rotatable bonds is 7. The van der Waals surface area contributed by atoms with E-state index in [0.717, 1.165) is 33.5 Å². The maximum Gasteiger partial charge on any atom is 0.293 e. The Kier molecular flexibility index (Phi) is 7.28. The van der Waals surface area contributed by atoms with Crippen LogP contribution < -0.4 is 15.5 Å². The number of nitrogens with one attached hydrogen (secondary N) is 3. The second-order valence-electron chi connectivity index (χ2n) is 7.89. The molecule has 0 aromatic heterocycles. The van der Waals surface area contributed by atoms with E-state index in [2.05, 4.69) is 10.6 Å². The van der Waals surface area contributed by atoms with Crippen molar-refractivity contribution in [1.82, 2.24) is 0 Å². The van der Waals surface area contributed by atoms with E-state index in [0.29, 0.717) is 4.90 Å². The van der Waals surface area contributed by atoms with E-state index in [1.807, 2.05) is 39.8 Å². The smallest absolute Gasteiger partial charge is 0.293 e. The lowest BCUT2D eigenvalue weighted by Crippen LogP contribution is -3.11. The van der Waals surface area contributed by atoms with Gasteiger partial charge in [-0.3, -0.25) is 19.7 Å². The first-order valence-electron chi connectivity index (χ1n) is 9.72. The van der Waals surface area contributed by atoms with Gasteiger partial charge in [0, 0.05) is 11.8 Å². The molecule has 0 saturated carbocycles. The molecule has 0 saturated heterocycles. The monoisotopic (exact) mass is 413 g/mol. The van der Waals surface area contributed by atoms with Gasteiger partial charge in [-0.15, -0.1) is 0 Å². The fourth-order valence-electron chi connectivity index (χ4n) is 3.42. The first-order chi connectivity index (χ1) is 14.0. The van der Waals surface area contributed by atoms with E-state index in [9.17, 15) is 19.7 Å². The van der Waals surface area contributed by atoms with Gasteiger partial charge in [-0.2, -0.15) is 0 Å². The number of likely N-dealkylation sites (N-methyl/N-ethyl adjacent to an activating group) is 1. The number of nitrogens with zero attached hydrogens (tertiary/aromatic N) is 1. The highest BCUT2D eigenvalue weighted by atomic mass is 16.6. The molecular weight excluding hydrogens is 384 g/mol. The van der Waals surface area contributed by atoms with Crippen LogP contribution in [0.1, 0.15) is 27.8 Å². The minimum Gasteiger partial charge on any atom is -0.322 e. The number of carbonyl (C=O) groups excluding carboxylic acids is 2. The van der Waals surface area contributed by atoms with Crippen molar-refractivity contribution in [3.63, 3.8) is 0 Å². The molecule has 0 fully saturated rings. The summed E-state index contributed by atoms with van der Waals surface area (Å²) >= 11 is 0. The third-order valence-corrected chi connectivity index (χ3v) is 4.95. The fourth-order valence-corrected chi connectivity index (χ4v) is 3.42. The summed E-state index contributed by atoms with van der Waals surface area (Å²) in [6, 6.07) is 7.05. The van der Waals surface area contributed by atoms with Crippen LogP contribution in [0.4, 0.5) is 17.1 Å². The van der Waals surface area contributed by atoms with Crippen LogP contribution in [0.5, 0.6) is 0 Å². The molecule has 2 rings (SSSR count). The number of hydrogen-bond acceptors (Lipinski definition) is 4. The van der Waals surface area contributed by atoms with Crippen molar-refractivity contribution in [1.29, 1.82) is 0 Å². The third kappa shape index (κ3) is 5.87. The van der Waals surface area contributed by atoms with Crippen molar-refractivity contribution < 1.29 is 19.4 Å². The normalized spacial score (nSPS) is 11.7. The Labute approximate surface area is 176 Å². The van der Waals surface area contributed by atoms with Crippen molar-refractivity contribution >= 4 is 28.9 Å². The van der Waals surface area contributed by atoms with Crippen LogP contribution in [0.2, 0.25) is 0 Å². The minimum atomic E-state index is -0.516. The molecule has 0 heterocycles. The topological polar surface area (TPSA) is 106 Å². The van der Waals surface area contributed by atoms with Gasteiger partial charge in [-0.1, -0.05) is 17.7 Å². The van der Waals surface area contributed by atoms with Crippen LogP contribution in [0.15, 0.2) is 24.3 Å². The van der Waals surface area contributed by atoms with Crippen LogP contribution in [-0.2, 0) is 9.59 Å². The lowest BCUT2D eigenvalue weighted by atomic mass is 10.1. The van der Waals surface area contributed by atoms with Crippen LogP contribution in [0.25, 0.3) is 0 Å². The van der Waals surface area contributed by atoms with Crippen LogP contribution >= 0.6 is 0 Å². The number of benzene rings is 2. The summed E-state index contributed by atoms with van der Waals surface area (Å²) in [5.41, 5.74) is 5.53. The maximum atomic E-state index is 12.4. The predicted octanol–water partition coefficient (Wildman–Crippen LogP) is 2.23. The molecule has 0 aliphatic rings. The molecule has 3 N–H and O–H groups in total. The van der Waals surface area contributed by atoms with Gasteiger partial charge in [0.05, 0.1) is 12.0 Å². The van der Waals surface area contributed by atoms with Gasteiger partial charge >= 0.3 is 0 Å². The molecule has 0 radical (unpaired) electrons. The zero-order chi connectivity index (χ0) is 22.6. The lowest BCUT2D eigenvalue weighted by Gasteiger charge is -2.16. The number of carbonyl (C=O) groups is 2. The highest BCUT2D eigenvalue weighted by Crippen LogP contribution is 2.27. The molecule has 8 heteroatoms. The predicted molar refractivity (Wildman–Crippen MR) is 117 cm³/mol. The molecule has 1 atom stereocenters. The molecule has 2 aromatic carbocycles. The Morgan fingerprint density at radius 1 is 0.867 bits per heavy atom. The fraction of sp³-hybridized carbons (Fsp3) is 0.364. The van der Waals surface area contributed by atoms with E-state index in [1.165, 1.54) is 6.07 Å². The maximum absolute atomic E-state index is 12.4. The highest BCUT2D eigenvalue weighted by molar-refractivity contribution is 5.95. The number of aryl methyl sites for hydroxylation is 5. The summed E-state index contributed by atoms with van der Waals surface area (Å²) < 4.78 is 0. The van der Waals surface area contributed by atoms with Gasteiger partial charge in [0.1, 0.15) is 5.69 Å². The number of nitro groups is 1. The number of amides is 2. The van der Waals surface area contributed by atoms with E-state index in [1.54, 1.807) is 20.0 Å². The average Bonchev–Trinajstić information content (AvgIpc) is 2.60. The number of hydrogen-bond donors (Lipinski definition) is 3. The first-order valence-corrected chi connectivity index (χ1v) is 9.72. The molecule has 0 aliphatic heterocycles. The Morgan fingerprint density at radius 2 is 1.37 bits per heavy atom. The summed E-state index contributed by atoms with van der Waals surface area (Å²) in [5.74, 6) is -0.595. The SMILES string of the molecule is Cc1cc(C)c(NC(=O)C[NH+](C)CC(=O)Nc2cc(C)c(C)cc2[N+](=O)[O-])c(C)c1. The Hall–Kier alpha value is -3.26. The van der Waals surface area contributed by atoms with Crippen molar-refractivity contribution in [3.05, 3.63) is 62.2 Å². The van der Waals surface area contributed by atoms with E-state index < -0.39 is 10.8 Å².